The van der Waals surface area contributed by atoms with Gasteiger partial charge in [-0.15, -0.1) is 0 Å². The molecular formula is C13H18ClNO2S. The Bertz CT molecular complexity index is 428. The Hall–Kier alpha value is -0.740. The van der Waals surface area contributed by atoms with Gasteiger partial charge in [-0.25, -0.2) is 0 Å². The van der Waals surface area contributed by atoms with Gasteiger partial charge in [-0.05, 0) is 12.2 Å². The lowest BCUT2D eigenvalue weighted by molar-refractivity contribution is 0.355. The number of ether oxygens (including phenoxy) is 2. The summed E-state index contributed by atoms with van der Waals surface area (Å²) >= 11 is 8.24. The molecule has 1 fully saturated rings. The zero-order valence-electron chi connectivity index (χ0n) is 10.8. The summed E-state index contributed by atoms with van der Waals surface area (Å²) < 4.78 is 10.5. The molecule has 1 heterocycles. The fourth-order valence-corrected chi connectivity index (χ4v) is 3.49. The second kappa shape index (κ2) is 5.93. The summed E-state index contributed by atoms with van der Waals surface area (Å²) in [5, 5.41) is 4.77. The molecule has 0 bridgehead atoms. The molecule has 2 unspecified atom stereocenters. The predicted molar refractivity (Wildman–Crippen MR) is 78.5 cm³/mol. The zero-order chi connectivity index (χ0) is 13.1. The van der Waals surface area contributed by atoms with Crippen LogP contribution in [0.2, 0.25) is 5.02 Å². The van der Waals surface area contributed by atoms with Gasteiger partial charge in [0.25, 0.3) is 0 Å². The number of thioether (sulfide) groups is 1. The quantitative estimate of drug-likeness (QED) is 0.915. The van der Waals surface area contributed by atoms with Gasteiger partial charge in [0.05, 0.1) is 24.9 Å². The van der Waals surface area contributed by atoms with Crippen LogP contribution in [0.25, 0.3) is 0 Å². The maximum Gasteiger partial charge on any atom is 0.162 e. The number of nitrogens with one attached hydrogen (secondary N) is 1. The number of halogens is 1. The largest absolute Gasteiger partial charge is 0.493 e. The second-order valence-electron chi connectivity index (χ2n) is 4.30. The Morgan fingerprint density at radius 2 is 1.94 bits per heavy atom. The lowest BCUT2D eigenvalue weighted by atomic mass is 10.1. The van der Waals surface area contributed by atoms with E-state index in [1.807, 2.05) is 17.8 Å². The van der Waals surface area contributed by atoms with E-state index in [0.29, 0.717) is 27.8 Å². The van der Waals surface area contributed by atoms with Crippen molar-refractivity contribution in [2.45, 2.75) is 24.6 Å². The molecule has 0 aliphatic carbocycles. The summed E-state index contributed by atoms with van der Waals surface area (Å²) in [4.78, 5) is 0. The first-order chi connectivity index (χ1) is 8.65. The van der Waals surface area contributed by atoms with E-state index >= 15 is 0 Å². The van der Waals surface area contributed by atoms with Gasteiger partial charge >= 0.3 is 0 Å². The minimum atomic E-state index is 0.464. The number of hydrogen-bond acceptors (Lipinski definition) is 4. The molecule has 18 heavy (non-hydrogen) atoms. The summed E-state index contributed by atoms with van der Waals surface area (Å²) in [6.07, 6.45) is 1.16. The molecule has 0 spiro atoms. The van der Waals surface area contributed by atoms with Crippen LogP contribution >= 0.6 is 23.4 Å². The number of anilines is 1. The van der Waals surface area contributed by atoms with E-state index in [2.05, 4.69) is 12.2 Å². The van der Waals surface area contributed by atoms with E-state index in [9.17, 15) is 0 Å². The van der Waals surface area contributed by atoms with Crippen molar-refractivity contribution < 1.29 is 9.47 Å². The van der Waals surface area contributed by atoms with Crippen molar-refractivity contribution in [1.29, 1.82) is 0 Å². The number of methoxy groups -OCH3 is 2. The molecule has 0 saturated carbocycles. The third kappa shape index (κ3) is 2.81. The standard InChI is InChI=1S/C13H18ClNO2S/c1-8-10(4-5-18-8)15-11-7-13(17-3)12(16-2)6-9(11)14/h6-8,10,15H,4-5H2,1-3H3. The highest BCUT2D eigenvalue weighted by molar-refractivity contribution is 8.00. The van der Waals surface area contributed by atoms with E-state index in [4.69, 9.17) is 21.1 Å². The van der Waals surface area contributed by atoms with Crippen LogP contribution in [0.1, 0.15) is 13.3 Å². The maximum atomic E-state index is 6.26. The molecule has 1 saturated heterocycles. The van der Waals surface area contributed by atoms with Crippen LogP contribution in [0.5, 0.6) is 11.5 Å². The average Bonchev–Trinajstić information content (AvgIpc) is 2.77. The molecule has 5 heteroatoms. The second-order valence-corrected chi connectivity index (χ2v) is 6.19. The Kier molecular flexibility index (Phi) is 4.51. The van der Waals surface area contributed by atoms with E-state index in [-0.39, 0.29) is 0 Å². The Balaban J connectivity index is 2.22. The van der Waals surface area contributed by atoms with Crippen molar-refractivity contribution in [1.82, 2.24) is 0 Å². The number of benzene rings is 1. The zero-order valence-corrected chi connectivity index (χ0v) is 12.4. The fourth-order valence-electron chi connectivity index (χ4n) is 2.09. The summed E-state index contributed by atoms with van der Waals surface area (Å²) in [5.41, 5.74) is 0.911. The number of rotatable bonds is 4. The molecule has 1 aromatic rings. The van der Waals surface area contributed by atoms with E-state index < -0.39 is 0 Å². The van der Waals surface area contributed by atoms with Crippen molar-refractivity contribution in [2.24, 2.45) is 0 Å². The van der Waals surface area contributed by atoms with Crippen molar-refractivity contribution in [2.75, 3.05) is 25.3 Å². The van der Waals surface area contributed by atoms with Crippen LogP contribution in [-0.2, 0) is 0 Å². The SMILES string of the molecule is COc1cc(Cl)c(NC2CCSC2C)cc1OC. The third-order valence-electron chi connectivity index (χ3n) is 3.19. The minimum absolute atomic E-state index is 0.464. The smallest absolute Gasteiger partial charge is 0.162 e. The number of hydrogen-bond donors (Lipinski definition) is 1. The molecule has 100 valence electrons. The fraction of sp³-hybridized carbons (Fsp3) is 0.538. The molecule has 2 atom stereocenters. The molecule has 0 amide bonds. The van der Waals surface area contributed by atoms with Gasteiger partial charge in [0, 0.05) is 23.4 Å². The van der Waals surface area contributed by atoms with Crippen LogP contribution in [-0.4, -0.2) is 31.3 Å². The highest BCUT2D eigenvalue weighted by Gasteiger charge is 2.24. The van der Waals surface area contributed by atoms with Crippen LogP contribution in [0, 0.1) is 0 Å². The van der Waals surface area contributed by atoms with Gasteiger partial charge in [0.1, 0.15) is 0 Å². The van der Waals surface area contributed by atoms with Gasteiger partial charge in [-0.2, -0.15) is 11.8 Å². The van der Waals surface area contributed by atoms with E-state index in [0.717, 1.165) is 12.1 Å². The van der Waals surface area contributed by atoms with Gasteiger partial charge in [-0.1, -0.05) is 18.5 Å². The molecule has 2 rings (SSSR count). The highest BCUT2D eigenvalue weighted by Crippen LogP contribution is 2.38. The first kappa shape index (κ1) is 13.7. The van der Waals surface area contributed by atoms with E-state index in [1.165, 1.54) is 5.75 Å². The predicted octanol–water partition coefficient (Wildman–Crippen LogP) is 3.66. The highest BCUT2D eigenvalue weighted by atomic mass is 35.5. The van der Waals surface area contributed by atoms with Crippen molar-refractivity contribution >= 4 is 29.1 Å². The summed E-state index contributed by atoms with van der Waals surface area (Å²) in [7, 11) is 3.24. The first-order valence-electron chi connectivity index (χ1n) is 5.95. The summed E-state index contributed by atoms with van der Waals surface area (Å²) in [5.74, 6) is 2.55. The van der Waals surface area contributed by atoms with Crippen molar-refractivity contribution in [3.8, 4) is 11.5 Å². The molecule has 1 N–H and O–H groups in total. The molecule has 0 radical (unpaired) electrons. The van der Waals surface area contributed by atoms with E-state index in [1.54, 1.807) is 20.3 Å². The average molecular weight is 288 g/mol. The lowest BCUT2D eigenvalue weighted by Crippen LogP contribution is -2.24. The Morgan fingerprint density at radius 3 is 2.50 bits per heavy atom. The lowest BCUT2D eigenvalue weighted by Gasteiger charge is -2.20. The third-order valence-corrected chi connectivity index (χ3v) is 4.83. The summed E-state index contributed by atoms with van der Waals surface area (Å²) in [6.45, 7) is 2.24. The topological polar surface area (TPSA) is 30.5 Å². The summed E-state index contributed by atoms with van der Waals surface area (Å²) in [6, 6.07) is 4.15. The van der Waals surface area contributed by atoms with Gasteiger partial charge < -0.3 is 14.8 Å². The van der Waals surface area contributed by atoms with Crippen molar-refractivity contribution in [3.63, 3.8) is 0 Å². The minimum Gasteiger partial charge on any atom is -0.493 e. The molecule has 3 nitrogen and oxygen atoms in total. The normalized spacial score (nSPS) is 22.9. The Morgan fingerprint density at radius 1 is 1.28 bits per heavy atom. The molecule has 1 aliphatic heterocycles. The molecule has 1 aromatic carbocycles. The van der Waals surface area contributed by atoms with Crippen LogP contribution in [0.4, 0.5) is 5.69 Å². The Labute approximate surface area is 117 Å². The van der Waals surface area contributed by atoms with Gasteiger partial charge in [0.15, 0.2) is 11.5 Å². The van der Waals surface area contributed by atoms with Gasteiger partial charge in [-0.3, -0.25) is 0 Å². The molecular weight excluding hydrogens is 270 g/mol. The molecule has 1 aliphatic rings. The van der Waals surface area contributed by atoms with Crippen LogP contribution < -0.4 is 14.8 Å². The van der Waals surface area contributed by atoms with Crippen molar-refractivity contribution in [3.05, 3.63) is 17.2 Å². The van der Waals surface area contributed by atoms with Crippen LogP contribution in [0.15, 0.2) is 12.1 Å². The maximum absolute atomic E-state index is 6.26. The van der Waals surface area contributed by atoms with Gasteiger partial charge in [0.2, 0.25) is 0 Å². The first-order valence-corrected chi connectivity index (χ1v) is 7.38. The molecule has 0 aromatic heterocycles. The monoisotopic (exact) mass is 287 g/mol. The van der Waals surface area contributed by atoms with Crippen LogP contribution in [0.3, 0.4) is 0 Å².